The van der Waals surface area contributed by atoms with Crippen molar-refractivity contribution in [1.29, 1.82) is 0 Å². The van der Waals surface area contributed by atoms with E-state index in [9.17, 15) is 0 Å². The van der Waals surface area contributed by atoms with Gasteiger partial charge in [-0.2, -0.15) is 0 Å². The summed E-state index contributed by atoms with van der Waals surface area (Å²) >= 11 is 0. The van der Waals surface area contributed by atoms with Gasteiger partial charge < -0.3 is 17.7 Å². The summed E-state index contributed by atoms with van der Waals surface area (Å²) in [7, 11) is 0. The first kappa shape index (κ1) is 27.2. The topological polar surface area (TPSA) is 16.6 Å². The minimum absolute atomic E-state index is 0. The van der Waals surface area contributed by atoms with Crippen LogP contribution in [-0.4, -0.2) is 13.1 Å². The Morgan fingerprint density at radius 1 is 0.640 bits per heavy atom. The molecular formula is C23H48ClN. The van der Waals surface area contributed by atoms with Crippen molar-refractivity contribution in [2.45, 2.75) is 117 Å². The van der Waals surface area contributed by atoms with Crippen LogP contribution >= 0.6 is 0 Å². The molecule has 1 nitrogen and oxygen atoms in total. The van der Waals surface area contributed by atoms with Crippen molar-refractivity contribution < 1.29 is 17.7 Å². The quantitative estimate of drug-likeness (QED) is 0.263. The SMILES string of the molecule is CCC[NH2+]CCCCCCCC/C=C\CCCCCCCC(C)C.[Cl-]. The van der Waals surface area contributed by atoms with Crippen LogP contribution in [0.5, 0.6) is 0 Å². The van der Waals surface area contributed by atoms with Crippen molar-refractivity contribution in [3.63, 3.8) is 0 Å². The van der Waals surface area contributed by atoms with Gasteiger partial charge in [0.05, 0.1) is 13.1 Å². The first-order valence-corrected chi connectivity index (χ1v) is 11.2. The van der Waals surface area contributed by atoms with Crippen molar-refractivity contribution in [1.82, 2.24) is 0 Å². The van der Waals surface area contributed by atoms with Crippen LogP contribution < -0.4 is 17.7 Å². The average molecular weight is 374 g/mol. The highest BCUT2D eigenvalue weighted by Gasteiger charge is 1.94. The average Bonchev–Trinajstić information content (AvgIpc) is 2.56. The van der Waals surface area contributed by atoms with Crippen LogP contribution in [0.25, 0.3) is 0 Å². The lowest BCUT2D eigenvalue weighted by atomic mass is 10.0. The van der Waals surface area contributed by atoms with Crippen LogP contribution in [0.15, 0.2) is 12.2 Å². The number of halogens is 1. The molecule has 0 fully saturated rings. The molecule has 0 rings (SSSR count). The molecule has 0 aliphatic heterocycles. The number of nitrogens with two attached hydrogens (primary N) is 1. The van der Waals surface area contributed by atoms with Gasteiger partial charge in [-0.15, -0.1) is 0 Å². The van der Waals surface area contributed by atoms with Crippen LogP contribution in [-0.2, 0) is 0 Å². The standard InChI is InChI=1S/C23H47N.ClH/c1-4-21-24-22-19-17-15-13-11-9-7-5-6-8-10-12-14-16-18-20-23(2)3;/h5-6,23-24H,4,7-22H2,1-3H3;1H/b6-5-;. The number of unbranched alkanes of at least 4 members (excludes halogenated alkanes) is 11. The Labute approximate surface area is 166 Å². The maximum absolute atomic E-state index is 2.47. The smallest absolute Gasteiger partial charge is 0.0755 e. The summed E-state index contributed by atoms with van der Waals surface area (Å²) in [5.41, 5.74) is 0. The molecule has 2 heteroatoms. The van der Waals surface area contributed by atoms with Crippen LogP contribution in [0.2, 0.25) is 0 Å². The summed E-state index contributed by atoms with van der Waals surface area (Å²) in [5.74, 6) is 0.886. The second kappa shape index (κ2) is 24.0. The van der Waals surface area contributed by atoms with Gasteiger partial charge in [0, 0.05) is 0 Å². The van der Waals surface area contributed by atoms with Crippen LogP contribution in [0, 0.1) is 5.92 Å². The lowest BCUT2D eigenvalue weighted by Gasteiger charge is -2.03. The number of rotatable bonds is 19. The van der Waals surface area contributed by atoms with Gasteiger partial charge in [-0.25, -0.2) is 0 Å². The third-order valence-electron chi connectivity index (χ3n) is 4.84. The molecule has 0 aliphatic rings. The molecule has 0 unspecified atom stereocenters. The highest BCUT2D eigenvalue weighted by Crippen LogP contribution is 2.12. The molecule has 0 heterocycles. The van der Waals surface area contributed by atoms with Crippen molar-refractivity contribution in [3.05, 3.63) is 12.2 Å². The fourth-order valence-corrected chi connectivity index (χ4v) is 3.19. The summed E-state index contributed by atoms with van der Waals surface area (Å²) in [6.07, 6.45) is 25.9. The molecular weight excluding hydrogens is 326 g/mol. The minimum atomic E-state index is 0. The Balaban J connectivity index is 0. The van der Waals surface area contributed by atoms with Gasteiger partial charge >= 0.3 is 0 Å². The van der Waals surface area contributed by atoms with Crippen molar-refractivity contribution >= 4 is 0 Å². The number of hydrogen-bond donors (Lipinski definition) is 1. The van der Waals surface area contributed by atoms with E-state index < -0.39 is 0 Å². The van der Waals surface area contributed by atoms with E-state index in [1.54, 1.807) is 0 Å². The van der Waals surface area contributed by atoms with Crippen LogP contribution in [0.4, 0.5) is 0 Å². The van der Waals surface area contributed by atoms with Gasteiger partial charge in [-0.1, -0.05) is 84.3 Å². The van der Waals surface area contributed by atoms with Crippen molar-refractivity contribution in [2.75, 3.05) is 13.1 Å². The Hall–Kier alpha value is -0.0100. The Morgan fingerprint density at radius 2 is 1.12 bits per heavy atom. The molecule has 0 aromatic carbocycles. The van der Waals surface area contributed by atoms with E-state index in [0.717, 1.165) is 5.92 Å². The fraction of sp³-hybridized carbons (Fsp3) is 0.913. The van der Waals surface area contributed by atoms with E-state index >= 15 is 0 Å². The highest BCUT2D eigenvalue weighted by atomic mass is 35.5. The molecule has 0 aromatic rings. The fourth-order valence-electron chi connectivity index (χ4n) is 3.19. The molecule has 152 valence electrons. The summed E-state index contributed by atoms with van der Waals surface area (Å²) in [4.78, 5) is 0. The zero-order valence-corrected chi connectivity index (χ0v) is 18.5. The Kier molecular flexibility index (Phi) is 26.1. The summed E-state index contributed by atoms with van der Waals surface area (Å²) < 4.78 is 0. The van der Waals surface area contributed by atoms with E-state index in [-0.39, 0.29) is 12.4 Å². The van der Waals surface area contributed by atoms with Gasteiger partial charge in [-0.3, -0.25) is 0 Å². The summed E-state index contributed by atoms with van der Waals surface area (Å²) in [6.45, 7) is 9.58. The second-order valence-electron chi connectivity index (χ2n) is 7.99. The molecule has 2 N–H and O–H groups in total. The molecule has 0 bridgehead atoms. The van der Waals surface area contributed by atoms with Crippen LogP contribution in [0.1, 0.15) is 117 Å². The molecule has 0 aromatic heterocycles. The Morgan fingerprint density at radius 3 is 1.64 bits per heavy atom. The van der Waals surface area contributed by atoms with Crippen LogP contribution in [0.3, 0.4) is 0 Å². The third-order valence-corrected chi connectivity index (χ3v) is 4.84. The van der Waals surface area contributed by atoms with E-state index in [2.05, 4.69) is 38.2 Å². The molecule has 0 aliphatic carbocycles. The lowest BCUT2D eigenvalue weighted by Crippen LogP contribution is -3.00. The number of allylic oxidation sites excluding steroid dienone is 2. The van der Waals surface area contributed by atoms with Crippen molar-refractivity contribution in [3.8, 4) is 0 Å². The zero-order valence-electron chi connectivity index (χ0n) is 17.7. The number of hydrogen-bond acceptors (Lipinski definition) is 0. The molecule has 0 amide bonds. The Bertz CT molecular complexity index is 250. The van der Waals surface area contributed by atoms with E-state index in [1.807, 2.05) is 0 Å². The predicted molar refractivity (Wildman–Crippen MR) is 111 cm³/mol. The van der Waals surface area contributed by atoms with Gasteiger partial charge in [0.1, 0.15) is 0 Å². The van der Waals surface area contributed by atoms with Gasteiger partial charge in [-0.05, 0) is 50.9 Å². The minimum Gasteiger partial charge on any atom is -1.00 e. The monoisotopic (exact) mass is 373 g/mol. The molecule has 0 radical (unpaired) electrons. The van der Waals surface area contributed by atoms with Gasteiger partial charge in [0.25, 0.3) is 0 Å². The predicted octanol–water partition coefficient (Wildman–Crippen LogP) is 3.64. The summed E-state index contributed by atoms with van der Waals surface area (Å²) in [5, 5.41) is 2.47. The zero-order chi connectivity index (χ0) is 17.7. The maximum atomic E-state index is 2.47. The second-order valence-corrected chi connectivity index (χ2v) is 7.99. The number of quaternary nitrogens is 1. The largest absolute Gasteiger partial charge is 1.00 e. The molecule has 25 heavy (non-hydrogen) atoms. The van der Waals surface area contributed by atoms with Gasteiger partial charge in [0.15, 0.2) is 0 Å². The normalized spacial score (nSPS) is 11.4. The van der Waals surface area contributed by atoms with E-state index in [1.165, 1.54) is 109 Å². The first-order valence-electron chi connectivity index (χ1n) is 11.2. The van der Waals surface area contributed by atoms with E-state index in [0.29, 0.717) is 0 Å². The lowest BCUT2D eigenvalue weighted by molar-refractivity contribution is -0.655. The third kappa shape index (κ3) is 26.3. The molecule has 0 saturated carbocycles. The van der Waals surface area contributed by atoms with E-state index in [4.69, 9.17) is 0 Å². The molecule has 0 atom stereocenters. The van der Waals surface area contributed by atoms with Gasteiger partial charge in [0.2, 0.25) is 0 Å². The maximum Gasteiger partial charge on any atom is 0.0755 e. The molecule has 0 spiro atoms. The highest BCUT2D eigenvalue weighted by molar-refractivity contribution is 4.81. The molecule has 0 saturated heterocycles. The summed E-state index contributed by atoms with van der Waals surface area (Å²) in [6, 6.07) is 0. The van der Waals surface area contributed by atoms with Crippen molar-refractivity contribution in [2.24, 2.45) is 5.92 Å². The first-order chi connectivity index (χ1) is 11.8.